The number of carbonyl (C=O) groups is 1. The predicted octanol–water partition coefficient (Wildman–Crippen LogP) is 6.30. The fraction of sp³-hybridized carbons (Fsp3) is 0.321. The van der Waals surface area contributed by atoms with Crippen molar-refractivity contribution in [3.63, 3.8) is 0 Å². The minimum absolute atomic E-state index is 0.0600. The Hall–Kier alpha value is -3.67. The maximum absolute atomic E-state index is 12.7. The van der Waals surface area contributed by atoms with Crippen LogP contribution < -0.4 is 10.1 Å². The van der Waals surface area contributed by atoms with Crippen molar-refractivity contribution >= 4 is 22.6 Å². The van der Waals surface area contributed by atoms with Gasteiger partial charge in [0, 0.05) is 5.69 Å². The third-order valence-electron chi connectivity index (χ3n) is 5.94. The molecule has 0 aliphatic heterocycles. The Morgan fingerprint density at radius 2 is 1.59 bits per heavy atom. The summed E-state index contributed by atoms with van der Waals surface area (Å²) in [5.74, 6) is 1.32. The molecule has 3 aromatic carbocycles. The number of ether oxygens (including phenoxy) is 1. The van der Waals surface area contributed by atoms with E-state index in [-0.39, 0.29) is 12.5 Å². The summed E-state index contributed by atoms with van der Waals surface area (Å²) in [4.78, 5) is 14.3. The van der Waals surface area contributed by atoms with Crippen LogP contribution in [0.1, 0.15) is 61.8 Å². The zero-order chi connectivity index (χ0) is 24.4. The lowest BCUT2D eigenvalue weighted by atomic mass is 10.0. The second-order valence-corrected chi connectivity index (χ2v) is 9.42. The molecule has 0 saturated carbocycles. The van der Waals surface area contributed by atoms with Crippen molar-refractivity contribution in [2.24, 2.45) is 0 Å². The topological polar surface area (TPSA) is 69.0 Å². The van der Waals surface area contributed by atoms with Gasteiger partial charge in [-0.15, -0.1) is 10.2 Å². The first-order valence-corrected chi connectivity index (χ1v) is 11.7. The van der Waals surface area contributed by atoms with Crippen LogP contribution in [0.5, 0.6) is 5.75 Å². The van der Waals surface area contributed by atoms with E-state index in [1.165, 1.54) is 5.56 Å². The number of nitrogens with zero attached hydrogens (tertiary/aromatic N) is 3. The van der Waals surface area contributed by atoms with Crippen LogP contribution in [0.25, 0.3) is 16.7 Å². The second-order valence-electron chi connectivity index (χ2n) is 9.42. The first kappa shape index (κ1) is 23.5. The van der Waals surface area contributed by atoms with Gasteiger partial charge in [-0.25, -0.2) is 0 Å². The number of carbonyl (C=O) groups excluding carboxylic acids is 1. The molecule has 6 nitrogen and oxygen atoms in total. The molecule has 0 bridgehead atoms. The number of amides is 1. The molecule has 176 valence electrons. The van der Waals surface area contributed by atoms with E-state index >= 15 is 0 Å². The summed E-state index contributed by atoms with van der Waals surface area (Å²) in [7, 11) is 0. The molecule has 1 heterocycles. The summed E-state index contributed by atoms with van der Waals surface area (Å²) in [6, 6.07) is 18.2. The molecule has 0 fully saturated rings. The summed E-state index contributed by atoms with van der Waals surface area (Å²) in [6.07, 6.45) is 0. The van der Waals surface area contributed by atoms with Crippen LogP contribution in [-0.4, -0.2) is 27.5 Å². The number of hydrogen-bond donors (Lipinski definition) is 1. The SMILES string of the molecule is Cc1ccc(C(C)C)c(OCC(=O)Nc2cc3nn(-c4ccc(C(C)C)cc4)nc3cc2C)c1. The van der Waals surface area contributed by atoms with Crippen LogP contribution in [0.4, 0.5) is 5.69 Å². The van der Waals surface area contributed by atoms with E-state index in [1.807, 2.05) is 44.2 Å². The number of anilines is 1. The molecule has 0 spiro atoms. The lowest BCUT2D eigenvalue weighted by Gasteiger charge is -2.15. The quantitative estimate of drug-likeness (QED) is 0.354. The van der Waals surface area contributed by atoms with E-state index in [9.17, 15) is 4.79 Å². The van der Waals surface area contributed by atoms with Gasteiger partial charge in [0.15, 0.2) is 6.61 Å². The first-order chi connectivity index (χ1) is 16.2. The molecule has 4 aromatic rings. The Morgan fingerprint density at radius 1 is 0.912 bits per heavy atom. The summed E-state index contributed by atoms with van der Waals surface area (Å²) < 4.78 is 5.88. The molecule has 0 aliphatic carbocycles. The van der Waals surface area contributed by atoms with E-state index in [0.717, 1.165) is 39.2 Å². The second kappa shape index (κ2) is 9.67. The zero-order valence-electron chi connectivity index (χ0n) is 20.7. The van der Waals surface area contributed by atoms with E-state index in [0.29, 0.717) is 17.5 Å². The lowest BCUT2D eigenvalue weighted by molar-refractivity contribution is -0.118. The predicted molar refractivity (Wildman–Crippen MR) is 137 cm³/mol. The van der Waals surface area contributed by atoms with Gasteiger partial charge >= 0.3 is 0 Å². The van der Waals surface area contributed by atoms with Crippen molar-refractivity contribution in [1.82, 2.24) is 15.0 Å². The highest BCUT2D eigenvalue weighted by molar-refractivity contribution is 5.95. The minimum Gasteiger partial charge on any atom is -0.483 e. The van der Waals surface area contributed by atoms with Gasteiger partial charge in [-0.3, -0.25) is 4.79 Å². The van der Waals surface area contributed by atoms with Crippen molar-refractivity contribution < 1.29 is 9.53 Å². The first-order valence-electron chi connectivity index (χ1n) is 11.7. The average Bonchev–Trinajstić information content (AvgIpc) is 3.20. The lowest BCUT2D eigenvalue weighted by Crippen LogP contribution is -2.21. The summed E-state index contributed by atoms with van der Waals surface area (Å²) in [5, 5.41) is 12.2. The monoisotopic (exact) mass is 456 g/mol. The molecule has 1 aromatic heterocycles. The number of aryl methyl sites for hydroxylation is 2. The molecule has 6 heteroatoms. The van der Waals surface area contributed by atoms with Gasteiger partial charge in [0.2, 0.25) is 0 Å². The molecule has 1 amide bonds. The molecule has 0 radical (unpaired) electrons. The third-order valence-corrected chi connectivity index (χ3v) is 5.94. The van der Waals surface area contributed by atoms with Crippen LogP contribution in [-0.2, 0) is 4.79 Å². The Morgan fingerprint density at radius 3 is 2.24 bits per heavy atom. The highest BCUT2D eigenvalue weighted by Crippen LogP contribution is 2.28. The van der Waals surface area contributed by atoms with Gasteiger partial charge < -0.3 is 10.1 Å². The number of nitrogens with one attached hydrogen (secondary N) is 1. The van der Waals surface area contributed by atoms with Crippen LogP contribution >= 0.6 is 0 Å². The molecule has 0 atom stereocenters. The van der Waals surface area contributed by atoms with Crippen molar-refractivity contribution in [1.29, 1.82) is 0 Å². The minimum atomic E-state index is -0.213. The van der Waals surface area contributed by atoms with Gasteiger partial charge in [-0.05, 0) is 78.3 Å². The van der Waals surface area contributed by atoms with E-state index in [1.54, 1.807) is 4.80 Å². The number of hydrogen-bond acceptors (Lipinski definition) is 4. The molecule has 0 aliphatic rings. The summed E-state index contributed by atoms with van der Waals surface area (Å²) in [6.45, 7) is 12.5. The number of rotatable bonds is 7. The molecule has 1 N–H and O–H groups in total. The normalized spacial score (nSPS) is 11.4. The summed E-state index contributed by atoms with van der Waals surface area (Å²) in [5.41, 5.74) is 7.48. The number of benzene rings is 3. The van der Waals surface area contributed by atoms with E-state index < -0.39 is 0 Å². The van der Waals surface area contributed by atoms with Crippen molar-refractivity contribution in [2.75, 3.05) is 11.9 Å². The van der Waals surface area contributed by atoms with E-state index in [2.05, 4.69) is 67.5 Å². The Balaban J connectivity index is 1.49. The average molecular weight is 457 g/mol. The van der Waals surface area contributed by atoms with Gasteiger partial charge in [-0.1, -0.05) is 52.0 Å². The maximum atomic E-state index is 12.7. The van der Waals surface area contributed by atoms with Crippen molar-refractivity contribution in [3.05, 3.63) is 76.9 Å². The molecule has 0 saturated heterocycles. The fourth-order valence-electron chi connectivity index (χ4n) is 3.88. The largest absolute Gasteiger partial charge is 0.483 e. The van der Waals surface area contributed by atoms with Crippen LogP contribution in [0, 0.1) is 13.8 Å². The molecular formula is C28H32N4O2. The van der Waals surface area contributed by atoms with Crippen LogP contribution in [0.3, 0.4) is 0 Å². The van der Waals surface area contributed by atoms with Gasteiger partial charge in [0.25, 0.3) is 5.91 Å². The fourth-order valence-corrected chi connectivity index (χ4v) is 3.88. The molecule has 4 rings (SSSR count). The highest BCUT2D eigenvalue weighted by atomic mass is 16.5. The standard InChI is InChI=1S/C28H32N4O2/c1-17(2)21-8-10-22(11-9-21)32-30-25-14-20(6)24(15-26(25)31-32)29-28(33)16-34-27-13-19(5)7-12-23(27)18(3)4/h7-15,17-18H,16H2,1-6H3,(H,29,33). The van der Waals surface area contributed by atoms with Gasteiger partial charge in [0.1, 0.15) is 16.8 Å². The van der Waals surface area contributed by atoms with Crippen LogP contribution in [0.2, 0.25) is 0 Å². The Labute approximate surface area is 200 Å². The van der Waals surface area contributed by atoms with Crippen molar-refractivity contribution in [2.45, 2.75) is 53.4 Å². The maximum Gasteiger partial charge on any atom is 0.262 e. The van der Waals surface area contributed by atoms with E-state index in [4.69, 9.17) is 4.74 Å². The molecular weight excluding hydrogens is 424 g/mol. The number of aromatic nitrogens is 3. The highest BCUT2D eigenvalue weighted by Gasteiger charge is 2.13. The number of fused-ring (bicyclic) bond motifs is 1. The summed E-state index contributed by atoms with van der Waals surface area (Å²) >= 11 is 0. The van der Waals surface area contributed by atoms with Gasteiger partial charge in [0.05, 0.1) is 5.69 Å². The molecule has 0 unspecified atom stereocenters. The molecule has 34 heavy (non-hydrogen) atoms. The Bertz CT molecular complexity index is 1320. The third kappa shape index (κ3) is 5.11. The van der Waals surface area contributed by atoms with Crippen molar-refractivity contribution in [3.8, 4) is 11.4 Å². The Kier molecular flexibility index (Phi) is 6.68. The van der Waals surface area contributed by atoms with Crippen LogP contribution in [0.15, 0.2) is 54.6 Å². The zero-order valence-corrected chi connectivity index (χ0v) is 20.7. The van der Waals surface area contributed by atoms with Gasteiger partial charge in [-0.2, -0.15) is 4.80 Å². The smallest absolute Gasteiger partial charge is 0.262 e.